The Kier molecular flexibility index (Phi) is 5.97. The molecule has 2 saturated heterocycles. The Labute approximate surface area is 123 Å². The summed E-state index contributed by atoms with van der Waals surface area (Å²) in [5.41, 5.74) is 0. The summed E-state index contributed by atoms with van der Waals surface area (Å²) in [6.07, 6.45) is 2.02. The highest BCUT2D eigenvalue weighted by Crippen LogP contribution is 2.19. The molecule has 2 atom stereocenters. The Bertz CT molecular complexity index is 347. The molecule has 2 amide bonds. The monoisotopic (exact) mass is 302 g/mol. The van der Waals surface area contributed by atoms with Crippen LogP contribution in [0, 0.1) is 5.92 Å². The van der Waals surface area contributed by atoms with Gasteiger partial charge in [0.05, 0.1) is 12.5 Å². The van der Waals surface area contributed by atoms with Crippen LogP contribution in [0.5, 0.6) is 0 Å². The van der Waals surface area contributed by atoms with Crippen molar-refractivity contribution in [3.63, 3.8) is 0 Å². The number of thioether (sulfide) groups is 1. The first-order chi connectivity index (χ1) is 9.66. The summed E-state index contributed by atoms with van der Waals surface area (Å²) in [7, 11) is 0. The molecule has 0 aliphatic carbocycles. The van der Waals surface area contributed by atoms with E-state index in [1.54, 1.807) is 16.7 Å². The minimum Gasteiger partial charge on any atom is -0.481 e. The number of ether oxygens (including phenoxy) is 1. The lowest BCUT2D eigenvalue weighted by Gasteiger charge is -2.34. The number of aliphatic carboxylic acids is 1. The largest absolute Gasteiger partial charge is 0.481 e. The lowest BCUT2D eigenvalue weighted by Crippen LogP contribution is -2.51. The zero-order valence-corrected chi connectivity index (χ0v) is 12.4. The number of amides is 2. The third-order valence-electron chi connectivity index (χ3n) is 3.75. The van der Waals surface area contributed by atoms with Crippen molar-refractivity contribution in [2.75, 3.05) is 37.8 Å². The normalized spacial score (nSPS) is 26.5. The first kappa shape index (κ1) is 15.4. The number of nitrogens with one attached hydrogen (secondary N) is 1. The quantitative estimate of drug-likeness (QED) is 0.792. The molecule has 2 heterocycles. The summed E-state index contributed by atoms with van der Waals surface area (Å²) < 4.78 is 5.30. The summed E-state index contributed by atoms with van der Waals surface area (Å²) in [4.78, 5) is 24.7. The third kappa shape index (κ3) is 4.56. The maximum Gasteiger partial charge on any atom is 0.317 e. The fourth-order valence-corrected chi connectivity index (χ4v) is 3.65. The molecular weight excluding hydrogens is 280 g/mol. The molecular formula is C13H22N2O4S. The van der Waals surface area contributed by atoms with E-state index in [1.807, 2.05) is 0 Å². The van der Waals surface area contributed by atoms with Crippen molar-refractivity contribution < 1.29 is 19.4 Å². The summed E-state index contributed by atoms with van der Waals surface area (Å²) in [6.45, 7) is 2.87. The van der Waals surface area contributed by atoms with Crippen LogP contribution >= 0.6 is 11.8 Å². The highest BCUT2D eigenvalue weighted by molar-refractivity contribution is 7.99. The second-order valence-corrected chi connectivity index (χ2v) is 6.42. The Balaban J connectivity index is 1.74. The van der Waals surface area contributed by atoms with Crippen LogP contribution < -0.4 is 5.32 Å². The Morgan fingerprint density at radius 3 is 3.00 bits per heavy atom. The van der Waals surface area contributed by atoms with Crippen LogP contribution in [0.3, 0.4) is 0 Å². The van der Waals surface area contributed by atoms with Gasteiger partial charge in [-0.15, -0.1) is 0 Å². The van der Waals surface area contributed by atoms with E-state index in [9.17, 15) is 9.59 Å². The lowest BCUT2D eigenvalue weighted by atomic mass is 10.1. The number of carboxylic acids is 1. The number of hydrogen-bond donors (Lipinski definition) is 2. The van der Waals surface area contributed by atoms with Crippen molar-refractivity contribution in [2.45, 2.75) is 25.3 Å². The molecule has 114 valence electrons. The maximum atomic E-state index is 12.1. The van der Waals surface area contributed by atoms with Crippen LogP contribution in [-0.2, 0) is 9.53 Å². The van der Waals surface area contributed by atoms with Gasteiger partial charge in [-0.3, -0.25) is 4.79 Å². The molecule has 2 aliphatic heterocycles. The molecule has 0 bridgehead atoms. The summed E-state index contributed by atoms with van der Waals surface area (Å²) in [6, 6.07) is -0.323. The van der Waals surface area contributed by atoms with Gasteiger partial charge in [-0.2, -0.15) is 11.8 Å². The second-order valence-electron chi connectivity index (χ2n) is 5.27. The molecule has 2 N–H and O–H groups in total. The Hall–Kier alpha value is -0.950. The van der Waals surface area contributed by atoms with Crippen molar-refractivity contribution in [2.24, 2.45) is 5.92 Å². The molecule has 6 nitrogen and oxygen atoms in total. The molecule has 2 rings (SSSR count). The smallest absolute Gasteiger partial charge is 0.317 e. The fraction of sp³-hybridized carbons (Fsp3) is 0.846. The number of rotatable bonds is 5. The van der Waals surface area contributed by atoms with Crippen LogP contribution in [0.1, 0.15) is 19.3 Å². The number of carbonyl (C=O) groups is 2. The van der Waals surface area contributed by atoms with Gasteiger partial charge < -0.3 is 20.1 Å². The van der Waals surface area contributed by atoms with Gasteiger partial charge in [-0.05, 0) is 18.8 Å². The first-order valence-corrected chi connectivity index (χ1v) is 8.24. The van der Waals surface area contributed by atoms with Gasteiger partial charge in [-0.1, -0.05) is 0 Å². The van der Waals surface area contributed by atoms with Crippen molar-refractivity contribution >= 4 is 23.8 Å². The number of hydrogen-bond acceptors (Lipinski definition) is 4. The average Bonchev–Trinajstić information content (AvgIpc) is 2.91. The minimum absolute atomic E-state index is 0.0247. The van der Waals surface area contributed by atoms with Gasteiger partial charge >= 0.3 is 12.0 Å². The van der Waals surface area contributed by atoms with Gasteiger partial charge in [0.25, 0.3) is 0 Å². The summed E-state index contributed by atoms with van der Waals surface area (Å²) in [5, 5.41) is 11.8. The second kappa shape index (κ2) is 7.73. The average molecular weight is 302 g/mol. The Morgan fingerprint density at radius 1 is 1.45 bits per heavy atom. The molecule has 20 heavy (non-hydrogen) atoms. The van der Waals surface area contributed by atoms with E-state index >= 15 is 0 Å². The van der Waals surface area contributed by atoms with E-state index in [1.165, 1.54) is 0 Å². The van der Waals surface area contributed by atoms with Crippen molar-refractivity contribution in [3.8, 4) is 0 Å². The SMILES string of the molecule is O=C(O)CC1CSCCN1C(=O)NCCC1CCOC1. The number of urea groups is 1. The van der Waals surface area contributed by atoms with Crippen LogP contribution in [0.15, 0.2) is 0 Å². The molecule has 2 aliphatic rings. The van der Waals surface area contributed by atoms with Crippen LogP contribution in [-0.4, -0.2) is 65.9 Å². The van der Waals surface area contributed by atoms with E-state index in [4.69, 9.17) is 9.84 Å². The molecule has 7 heteroatoms. The zero-order valence-electron chi connectivity index (χ0n) is 11.5. The van der Waals surface area contributed by atoms with Crippen LogP contribution in [0.25, 0.3) is 0 Å². The highest BCUT2D eigenvalue weighted by Gasteiger charge is 2.28. The van der Waals surface area contributed by atoms with Crippen LogP contribution in [0.4, 0.5) is 4.79 Å². The number of carboxylic acid groups (broad SMARTS) is 1. The van der Waals surface area contributed by atoms with Crippen molar-refractivity contribution in [1.29, 1.82) is 0 Å². The van der Waals surface area contributed by atoms with Gasteiger partial charge in [0.1, 0.15) is 0 Å². The van der Waals surface area contributed by atoms with Gasteiger partial charge in [0.2, 0.25) is 0 Å². The van der Waals surface area contributed by atoms with Gasteiger partial charge in [0.15, 0.2) is 0 Å². The highest BCUT2D eigenvalue weighted by atomic mass is 32.2. The zero-order chi connectivity index (χ0) is 14.4. The predicted octanol–water partition coefficient (Wildman–Crippen LogP) is 1.01. The standard InChI is InChI=1S/C13H22N2O4S/c16-12(17)7-11-9-20-6-4-15(11)13(18)14-3-1-10-2-5-19-8-10/h10-11H,1-9H2,(H,14,18)(H,16,17). The van der Waals surface area contributed by atoms with E-state index in [0.29, 0.717) is 24.8 Å². The predicted molar refractivity (Wildman–Crippen MR) is 77.0 cm³/mol. The summed E-state index contributed by atoms with van der Waals surface area (Å²) in [5.74, 6) is 1.27. The molecule has 2 fully saturated rings. The first-order valence-electron chi connectivity index (χ1n) is 7.08. The molecule has 0 spiro atoms. The van der Waals surface area contributed by atoms with Gasteiger partial charge in [0, 0.05) is 37.8 Å². The molecule has 0 aromatic rings. The molecule has 0 radical (unpaired) electrons. The third-order valence-corrected chi connectivity index (χ3v) is 4.84. The van der Waals surface area contributed by atoms with Gasteiger partial charge in [-0.25, -0.2) is 4.79 Å². The van der Waals surface area contributed by atoms with E-state index in [0.717, 1.165) is 31.8 Å². The summed E-state index contributed by atoms with van der Waals surface area (Å²) >= 11 is 1.71. The molecule has 0 saturated carbocycles. The van der Waals surface area contributed by atoms with Crippen molar-refractivity contribution in [1.82, 2.24) is 10.2 Å². The topological polar surface area (TPSA) is 78.9 Å². The minimum atomic E-state index is -0.849. The number of carbonyl (C=O) groups excluding carboxylic acids is 1. The molecule has 0 aromatic carbocycles. The van der Waals surface area contributed by atoms with E-state index < -0.39 is 5.97 Å². The Morgan fingerprint density at radius 2 is 2.30 bits per heavy atom. The fourth-order valence-electron chi connectivity index (χ4n) is 2.59. The molecule has 0 aromatic heterocycles. The van der Waals surface area contributed by atoms with E-state index in [2.05, 4.69) is 5.32 Å². The van der Waals surface area contributed by atoms with Crippen molar-refractivity contribution in [3.05, 3.63) is 0 Å². The molecule has 2 unspecified atom stereocenters. The lowest BCUT2D eigenvalue weighted by molar-refractivity contribution is -0.137. The van der Waals surface area contributed by atoms with E-state index in [-0.39, 0.29) is 18.5 Å². The number of nitrogens with zero attached hydrogens (tertiary/aromatic N) is 1. The maximum absolute atomic E-state index is 12.1. The van der Waals surface area contributed by atoms with Crippen LogP contribution in [0.2, 0.25) is 0 Å².